The molecule has 0 saturated heterocycles. The minimum atomic E-state index is -2.25. The first-order valence-corrected chi connectivity index (χ1v) is 6.38. The highest BCUT2D eigenvalue weighted by Crippen LogP contribution is 2.30. The molecule has 16 heavy (non-hydrogen) atoms. The average Bonchev–Trinajstić information content (AvgIpc) is 2.26. The summed E-state index contributed by atoms with van der Waals surface area (Å²) in [5.74, 6) is 0. The molecule has 0 aliphatic heterocycles. The molecule has 0 saturated carbocycles. The van der Waals surface area contributed by atoms with Crippen LogP contribution in [0.1, 0.15) is 34.0 Å². The largest absolute Gasteiger partial charge is 0.592 e. The molecule has 0 aliphatic carbocycles. The predicted octanol–water partition coefficient (Wildman–Crippen LogP) is 3.53. The van der Waals surface area contributed by atoms with E-state index in [1.165, 1.54) is 0 Å². The maximum atomic E-state index is 11.8. The SMILES string of the molecule is CCO[P+](=O)C(=O)c1ccc(C)c(C)c1C. The molecule has 1 unspecified atom stereocenters. The van der Waals surface area contributed by atoms with Crippen molar-refractivity contribution in [3.05, 3.63) is 34.4 Å². The number of rotatable bonds is 4. The van der Waals surface area contributed by atoms with Gasteiger partial charge in [0.2, 0.25) is 0 Å². The molecule has 1 aromatic carbocycles. The van der Waals surface area contributed by atoms with Gasteiger partial charge in [0.15, 0.2) is 0 Å². The number of hydrogen-bond acceptors (Lipinski definition) is 3. The van der Waals surface area contributed by atoms with Crippen LogP contribution in [0.2, 0.25) is 0 Å². The first-order chi connectivity index (χ1) is 7.49. The summed E-state index contributed by atoms with van der Waals surface area (Å²) in [6.45, 7) is 7.80. The van der Waals surface area contributed by atoms with Crippen molar-refractivity contribution < 1.29 is 13.9 Å². The zero-order valence-electron chi connectivity index (χ0n) is 10.0. The van der Waals surface area contributed by atoms with Crippen LogP contribution in [0.15, 0.2) is 12.1 Å². The molecule has 86 valence electrons. The summed E-state index contributed by atoms with van der Waals surface area (Å²) in [5.41, 5.74) is 3.15. The molecule has 0 spiro atoms. The Morgan fingerprint density at radius 3 is 2.44 bits per heavy atom. The fourth-order valence-corrected chi connectivity index (χ4v) is 2.25. The van der Waals surface area contributed by atoms with Crippen LogP contribution in [0.25, 0.3) is 0 Å². The maximum Gasteiger partial charge on any atom is 0.592 e. The Kier molecular flexibility index (Phi) is 4.34. The molecule has 3 nitrogen and oxygen atoms in total. The van der Waals surface area contributed by atoms with E-state index in [0.29, 0.717) is 5.56 Å². The number of hydrogen-bond donors (Lipinski definition) is 0. The van der Waals surface area contributed by atoms with Gasteiger partial charge >= 0.3 is 13.6 Å². The summed E-state index contributed by atoms with van der Waals surface area (Å²) < 4.78 is 16.3. The standard InChI is InChI=1S/C12H16O3P/c1-5-15-16(14)12(13)11-7-6-8(2)9(3)10(11)4/h6-7H,5H2,1-4H3/q+1. The summed E-state index contributed by atoms with van der Waals surface area (Å²) >= 11 is 0. The maximum absolute atomic E-state index is 11.8. The van der Waals surface area contributed by atoms with E-state index in [-0.39, 0.29) is 6.61 Å². The van der Waals surface area contributed by atoms with Crippen LogP contribution in [0.3, 0.4) is 0 Å². The highest BCUT2D eigenvalue weighted by Gasteiger charge is 2.33. The van der Waals surface area contributed by atoms with E-state index in [0.717, 1.165) is 16.7 Å². The van der Waals surface area contributed by atoms with E-state index in [1.807, 2.05) is 26.8 Å². The van der Waals surface area contributed by atoms with Gasteiger partial charge in [-0.2, -0.15) is 0 Å². The van der Waals surface area contributed by atoms with E-state index in [2.05, 4.69) is 0 Å². The molecule has 0 amide bonds. The Bertz CT molecular complexity index is 438. The fourth-order valence-electron chi connectivity index (χ4n) is 1.46. The van der Waals surface area contributed by atoms with Gasteiger partial charge in [-0.05, 0) is 55.0 Å². The second-order valence-corrected chi connectivity index (χ2v) is 4.84. The molecule has 0 aliphatic rings. The normalized spacial score (nSPS) is 11.4. The van der Waals surface area contributed by atoms with E-state index >= 15 is 0 Å². The van der Waals surface area contributed by atoms with Gasteiger partial charge in [-0.1, -0.05) is 6.07 Å². The average molecular weight is 239 g/mol. The van der Waals surface area contributed by atoms with Crippen molar-refractivity contribution in [3.8, 4) is 0 Å². The Morgan fingerprint density at radius 2 is 1.88 bits per heavy atom. The summed E-state index contributed by atoms with van der Waals surface area (Å²) in [7, 11) is -2.25. The summed E-state index contributed by atoms with van der Waals surface area (Å²) in [6, 6.07) is 3.58. The van der Waals surface area contributed by atoms with Gasteiger partial charge in [-0.15, -0.1) is 4.52 Å². The lowest BCUT2D eigenvalue weighted by atomic mass is 10.00. The molecule has 0 bridgehead atoms. The van der Waals surface area contributed by atoms with Crippen molar-refractivity contribution in [2.75, 3.05) is 6.61 Å². The molecular weight excluding hydrogens is 223 g/mol. The van der Waals surface area contributed by atoms with Crippen LogP contribution in [0, 0.1) is 20.8 Å². The Hall–Kier alpha value is -1.05. The second-order valence-electron chi connectivity index (χ2n) is 3.66. The molecule has 1 rings (SSSR count). The molecule has 0 fully saturated rings. The lowest BCUT2D eigenvalue weighted by molar-refractivity contribution is 0.106. The van der Waals surface area contributed by atoms with Crippen LogP contribution in [0.4, 0.5) is 0 Å². The smallest absolute Gasteiger partial charge is 0.231 e. The molecule has 0 aromatic heterocycles. The third kappa shape index (κ3) is 2.55. The Labute approximate surface area is 96.7 Å². The van der Waals surface area contributed by atoms with E-state index in [1.54, 1.807) is 13.0 Å². The molecule has 0 N–H and O–H groups in total. The minimum Gasteiger partial charge on any atom is -0.231 e. The van der Waals surface area contributed by atoms with Gasteiger partial charge in [-0.3, -0.25) is 0 Å². The topological polar surface area (TPSA) is 43.4 Å². The predicted molar refractivity (Wildman–Crippen MR) is 64.2 cm³/mol. The van der Waals surface area contributed by atoms with E-state index in [4.69, 9.17) is 4.52 Å². The van der Waals surface area contributed by atoms with Gasteiger partial charge in [0.05, 0.1) is 5.56 Å². The van der Waals surface area contributed by atoms with Crippen molar-refractivity contribution in [1.82, 2.24) is 0 Å². The summed E-state index contributed by atoms with van der Waals surface area (Å²) in [5, 5.41) is 0. The van der Waals surface area contributed by atoms with Crippen LogP contribution in [0.5, 0.6) is 0 Å². The molecule has 0 radical (unpaired) electrons. The van der Waals surface area contributed by atoms with Crippen LogP contribution < -0.4 is 0 Å². The molecule has 1 atom stereocenters. The van der Waals surface area contributed by atoms with Crippen LogP contribution >= 0.6 is 8.03 Å². The number of carbonyl (C=O) groups is 1. The molecular formula is C12H16O3P+. The van der Waals surface area contributed by atoms with Crippen molar-refractivity contribution in [2.24, 2.45) is 0 Å². The Balaban J connectivity index is 3.10. The highest BCUT2D eigenvalue weighted by molar-refractivity contribution is 7.60. The van der Waals surface area contributed by atoms with Crippen molar-refractivity contribution in [1.29, 1.82) is 0 Å². The lowest BCUT2D eigenvalue weighted by Crippen LogP contribution is -2.01. The van der Waals surface area contributed by atoms with Crippen LogP contribution in [-0.2, 0) is 9.09 Å². The van der Waals surface area contributed by atoms with Crippen molar-refractivity contribution >= 4 is 13.6 Å². The summed E-state index contributed by atoms with van der Waals surface area (Å²) in [4.78, 5) is 11.8. The Morgan fingerprint density at radius 1 is 1.25 bits per heavy atom. The van der Waals surface area contributed by atoms with Gasteiger partial charge in [-0.25, -0.2) is 4.79 Å². The molecule has 1 aromatic rings. The van der Waals surface area contributed by atoms with Gasteiger partial charge < -0.3 is 0 Å². The van der Waals surface area contributed by atoms with Gasteiger partial charge in [0.1, 0.15) is 6.61 Å². The molecule has 0 heterocycles. The monoisotopic (exact) mass is 239 g/mol. The first kappa shape index (κ1) is 13.0. The minimum absolute atomic E-state index is 0.283. The highest BCUT2D eigenvalue weighted by atomic mass is 31.1. The van der Waals surface area contributed by atoms with Crippen molar-refractivity contribution in [2.45, 2.75) is 27.7 Å². The number of carbonyl (C=O) groups excluding carboxylic acids is 1. The summed E-state index contributed by atoms with van der Waals surface area (Å²) in [6.07, 6.45) is 0. The van der Waals surface area contributed by atoms with E-state index < -0.39 is 13.6 Å². The van der Waals surface area contributed by atoms with E-state index in [9.17, 15) is 9.36 Å². The number of aryl methyl sites for hydroxylation is 1. The number of benzene rings is 1. The van der Waals surface area contributed by atoms with Gasteiger partial charge in [0, 0.05) is 0 Å². The van der Waals surface area contributed by atoms with Crippen LogP contribution in [-0.4, -0.2) is 12.1 Å². The van der Waals surface area contributed by atoms with Crippen molar-refractivity contribution in [3.63, 3.8) is 0 Å². The second kappa shape index (κ2) is 5.33. The first-order valence-electron chi connectivity index (χ1n) is 5.20. The van der Waals surface area contributed by atoms with Gasteiger partial charge in [0.25, 0.3) is 0 Å². The molecule has 4 heteroatoms. The fraction of sp³-hybridized carbons (Fsp3) is 0.417. The third-order valence-corrected chi connectivity index (χ3v) is 3.77. The lowest BCUT2D eigenvalue weighted by Gasteiger charge is -2.05. The third-order valence-electron chi connectivity index (χ3n) is 2.70. The zero-order chi connectivity index (χ0) is 12.3. The zero-order valence-corrected chi connectivity index (χ0v) is 10.9. The quantitative estimate of drug-likeness (QED) is 0.755.